The van der Waals surface area contributed by atoms with Crippen molar-refractivity contribution in [3.63, 3.8) is 0 Å². The summed E-state index contributed by atoms with van der Waals surface area (Å²) in [6, 6.07) is 14.7. The molecule has 0 fully saturated rings. The van der Waals surface area contributed by atoms with Crippen LogP contribution in [0.2, 0.25) is 10.0 Å². The van der Waals surface area contributed by atoms with Gasteiger partial charge in [-0.25, -0.2) is 0 Å². The maximum atomic E-state index is 13.3. The number of nitrogens with zero attached hydrogens (tertiary/aromatic N) is 2. The average molecular weight is 419 g/mol. The molecule has 1 aliphatic rings. The van der Waals surface area contributed by atoms with Crippen molar-refractivity contribution < 1.29 is 9.53 Å². The van der Waals surface area contributed by atoms with E-state index in [2.05, 4.69) is 4.90 Å². The van der Waals surface area contributed by atoms with Crippen molar-refractivity contribution in [3.8, 4) is 11.5 Å². The molecule has 0 N–H and O–H groups in total. The molecule has 1 amide bonds. The number of halogens is 2. The summed E-state index contributed by atoms with van der Waals surface area (Å²) < 4.78 is 5.92. The number of thiophene rings is 1. The van der Waals surface area contributed by atoms with Gasteiger partial charge in [0.25, 0.3) is 5.91 Å². The summed E-state index contributed by atoms with van der Waals surface area (Å²) >= 11 is 13.6. The number of carbonyl (C=O) groups excluding carboxylic acids is 1. The van der Waals surface area contributed by atoms with Crippen LogP contribution in [-0.4, -0.2) is 26.0 Å². The van der Waals surface area contributed by atoms with Gasteiger partial charge in [-0.2, -0.15) is 0 Å². The van der Waals surface area contributed by atoms with Gasteiger partial charge in [-0.3, -0.25) is 4.79 Å². The Morgan fingerprint density at radius 2 is 1.81 bits per heavy atom. The number of anilines is 2. The van der Waals surface area contributed by atoms with E-state index in [1.807, 2.05) is 36.7 Å². The van der Waals surface area contributed by atoms with E-state index in [0.717, 1.165) is 17.9 Å². The Morgan fingerprint density at radius 3 is 2.63 bits per heavy atom. The Labute approximate surface area is 171 Å². The zero-order valence-electron chi connectivity index (χ0n) is 14.5. The third-order valence-corrected chi connectivity index (χ3v) is 5.86. The Bertz CT molecular complexity index is 1010. The molecule has 7 heteroatoms. The number of fused-ring (bicyclic) bond motifs is 1. The van der Waals surface area contributed by atoms with E-state index >= 15 is 0 Å². The smallest absolute Gasteiger partial charge is 0.272 e. The van der Waals surface area contributed by atoms with Crippen LogP contribution in [0.1, 0.15) is 9.67 Å². The molecule has 138 valence electrons. The second kappa shape index (κ2) is 7.43. The molecule has 1 aliphatic heterocycles. The van der Waals surface area contributed by atoms with E-state index in [1.165, 1.54) is 11.3 Å². The molecule has 27 heavy (non-hydrogen) atoms. The minimum absolute atomic E-state index is 0.0845. The molecule has 0 unspecified atom stereocenters. The molecule has 4 rings (SSSR count). The van der Waals surface area contributed by atoms with Crippen LogP contribution in [0.5, 0.6) is 11.5 Å². The quantitative estimate of drug-likeness (QED) is 0.527. The lowest BCUT2D eigenvalue weighted by Gasteiger charge is -2.35. The van der Waals surface area contributed by atoms with Crippen LogP contribution in [0, 0.1) is 0 Å². The second-order valence-electron chi connectivity index (χ2n) is 6.16. The van der Waals surface area contributed by atoms with E-state index in [-0.39, 0.29) is 5.91 Å². The summed E-state index contributed by atoms with van der Waals surface area (Å²) in [5, 5.41) is 2.79. The number of amides is 1. The van der Waals surface area contributed by atoms with Crippen LogP contribution >= 0.6 is 34.5 Å². The van der Waals surface area contributed by atoms with Crippen LogP contribution in [0.25, 0.3) is 0 Å². The molecular formula is C20H16Cl2N2O2S. The average Bonchev–Trinajstić information content (AvgIpc) is 3.13. The third kappa shape index (κ3) is 3.50. The molecule has 0 radical (unpaired) electrons. The van der Waals surface area contributed by atoms with Crippen molar-refractivity contribution in [2.24, 2.45) is 0 Å². The van der Waals surface area contributed by atoms with Gasteiger partial charge in [0, 0.05) is 31.2 Å². The van der Waals surface area contributed by atoms with Crippen LogP contribution in [0.15, 0.2) is 53.9 Å². The highest BCUT2D eigenvalue weighted by Crippen LogP contribution is 2.38. The molecule has 2 aromatic carbocycles. The molecule has 4 nitrogen and oxygen atoms in total. The molecular weight excluding hydrogens is 403 g/mol. The summed E-state index contributed by atoms with van der Waals surface area (Å²) in [4.78, 5) is 17.8. The highest BCUT2D eigenvalue weighted by molar-refractivity contribution is 7.12. The van der Waals surface area contributed by atoms with E-state index in [0.29, 0.717) is 33.0 Å². The molecule has 0 bridgehead atoms. The zero-order valence-corrected chi connectivity index (χ0v) is 16.8. The first-order chi connectivity index (χ1) is 13.0. The fourth-order valence-corrected chi connectivity index (χ4v) is 4.13. The van der Waals surface area contributed by atoms with Crippen molar-refractivity contribution in [3.05, 3.63) is 68.8 Å². The lowest BCUT2D eigenvalue weighted by Crippen LogP contribution is -2.42. The van der Waals surface area contributed by atoms with Gasteiger partial charge in [-0.05, 0) is 35.7 Å². The van der Waals surface area contributed by atoms with E-state index in [4.69, 9.17) is 27.9 Å². The first-order valence-corrected chi connectivity index (χ1v) is 10.0. The Hall–Kier alpha value is -2.21. The van der Waals surface area contributed by atoms with Gasteiger partial charge >= 0.3 is 0 Å². The number of hydrogen-bond donors (Lipinski definition) is 0. The molecule has 3 aromatic rings. The van der Waals surface area contributed by atoms with E-state index in [9.17, 15) is 4.79 Å². The number of carbonyl (C=O) groups is 1. The SMILES string of the molecule is CN1CCN(C(=O)c2sccc2Oc2cc(Cl)ccc2Cl)c2ccccc21. The minimum Gasteiger partial charge on any atom is -0.454 e. The normalized spacial score (nSPS) is 13.4. The summed E-state index contributed by atoms with van der Waals surface area (Å²) in [5.74, 6) is 0.819. The monoisotopic (exact) mass is 418 g/mol. The van der Waals surface area contributed by atoms with Crippen LogP contribution in [0.3, 0.4) is 0 Å². The van der Waals surface area contributed by atoms with Gasteiger partial charge in [0.2, 0.25) is 0 Å². The van der Waals surface area contributed by atoms with Crippen LogP contribution < -0.4 is 14.5 Å². The zero-order chi connectivity index (χ0) is 19.0. The Kier molecular flexibility index (Phi) is 5.00. The number of benzene rings is 2. The number of para-hydroxylation sites is 2. The summed E-state index contributed by atoms with van der Waals surface area (Å²) in [6.07, 6.45) is 0. The summed E-state index contributed by atoms with van der Waals surface area (Å²) in [7, 11) is 2.03. The minimum atomic E-state index is -0.0845. The molecule has 2 heterocycles. The first kappa shape index (κ1) is 18.2. The molecule has 0 saturated carbocycles. The Balaban J connectivity index is 1.66. The van der Waals surface area contributed by atoms with Gasteiger partial charge in [0.15, 0.2) is 5.75 Å². The Morgan fingerprint density at radius 1 is 1.04 bits per heavy atom. The van der Waals surface area contributed by atoms with E-state index in [1.54, 1.807) is 29.2 Å². The van der Waals surface area contributed by atoms with E-state index < -0.39 is 0 Å². The topological polar surface area (TPSA) is 32.8 Å². The summed E-state index contributed by atoms with van der Waals surface area (Å²) in [6.45, 7) is 1.38. The van der Waals surface area contributed by atoms with Crippen molar-refractivity contribution in [1.29, 1.82) is 0 Å². The standard InChI is InChI=1S/C20H16Cl2N2O2S/c1-23-9-10-24(16-5-3-2-4-15(16)23)20(25)19-17(8-11-27-19)26-18-12-13(21)6-7-14(18)22/h2-8,11-12H,9-10H2,1H3. The fraction of sp³-hybridized carbons (Fsp3) is 0.150. The van der Waals surface area contributed by atoms with Gasteiger partial charge in [0.1, 0.15) is 10.6 Å². The number of likely N-dealkylation sites (N-methyl/N-ethyl adjacent to an activating group) is 1. The number of hydrogen-bond acceptors (Lipinski definition) is 4. The van der Waals surface area contributed by atoms with Crippen molar-refractivity contribution in [2.75, 3.05) is 29.9 Å². The molecule has 0 atom stereocenters. The maximum absolute atomic E-state index is 13.3. The van der Waals surface area contributed by atoms with Crippen LogP contribution in [0.4, 0.5) is 11.4 Å². The van der Waals surface area contributed by atoms with Gasteiger partial charge in [-0.15, -0.1) is 11.3 Å². The van der Waals surface area contributed by atoms with Crippen molar-refractivity contribution in [2.45, 2.75) is 0 Å². The fourth-order valence-electron chi connectivity index (χ4n) is 3.05. The number of rotatable bonds is 3. The lowest BCUT2D eigenvalue weighted by molar-refractivity contribution is 0.0988. The van der Waals surface area contributed by atoms with Crippen LogP contribution in [-0.2, 0) is 0 Å². The molecule has 0 aliphatic carbocycles. The maximum Gasteiger partial charge on any atom is 0.272 e. The molecule has 1 aromatic heterocycles. The largest absolute Gasteiger partial charge is 0.454 e. The highest BCUT2D eigenvalue weighted by Gasteiger charge is 2.28. The van der Waals surface area contributed by atoms with Gasteiger partial charge in [0.05, 0.1) is 16.4 Å². The third-order valence-electron chi connectivity index (χ3n) is 4.42. The predicted octanol–water partition coefficient (Wildman–Crippen LogP) is 5.94. The number of ether oxygens (including phenoxy) is 1. The molecule has 0 spiro atoms. The van der Waals surface area contributed by atoms with Crippen molar-refractivity contribution >= 4 is 51.8 Å². The second-order valence-corrected chi connectivity index (χ2v) is 7.92. The predicted molar refractivity (Wildman–Crippen MR) is 112 cm³/mol. The van der Waals surface area contributed by atoms with Crippen molar-refractivity contribution in [1.82, 2.24) is 0 Å². The van der Waals surface area contributed by atoms with Gasteiger partial charge in [-0.1, -0.05) is 35.3 Å². The van der Waals surface area contributed by atoms with Gasteiger partial charge < -0.3 is 14.5 Å². The lowest BCUT2D eigenvalue weighted by atomic mass is 10.1. The first-order valence-electron chi connectivity index (χ1n) is 8.37. The summed E-state index contributed by atoms with van der Waals surface area (Å²) in [5.41, 5.74) is 1.94. The molecule has 0 saturated heterocycles. The highest BCUT2D eigenvalue weighted by atomic mass is 35.5.